The Kier molecular flexibility index (Phi) is 9.62. The Morgan fingerprint density at radius 3 is 2.52 bits per heavy atom. The molecule has 1 fully saturated rings. The molecule has 0 amide bonds. The van der Waals surface area contributed by atoms with Crippen molar-refractivity contribution >= 4 is 59.3 Å². The summed E-state index contributed by atoms with van der Waals surface area (Å²) in [5.41, 5.74) is 8.16. The summed E-state index contributed by atoms with van der Waals surface area (Å²) in [5.74, 6) is 1.25. The summed E-state index contributed by atoms with van der Waals surface area (Å²) in [6.07, 6.45) is 6.93. The molecule has 10 heteroatoms. The number of hydrogen-bond acceptors (Lipinski definition) is 6. The van der Waals surface area contributed by atoms with E-state index in [4.69, 9.17) is 27.3 Å². The molecule has 0 aliphatic heterocycles. The monoisotopic (exact) mass is 485 g/mol. The van der Waals surface area contributed by atoms with Crippen molar-refractivity contribution in [3.63, 3.8) is 0 Å². The third-order valence-electron chi connectivity index (χ3n) is 5.39. The van der Waals surface area contributed by atoms with Gasteiger partial charge in [-0.2, -0.15) is 9.97 Å². The zero-order chi connectivity index (χ0) is 20.2. The summed E-state index contributed by atoms with van der Waals surface area (Å²) in [5, 5.41) is 6.82. The Bertz CT molecular complexity index is 943. The molecular formula is C21H30Cl3N7. The van der Waals surface area contributed by atoms with E-state index in [0.29, 0.717) is 23.8 Å². The first-order valence-corrected chi connectivity index (χ1v) is 10.8. The molecule has 1 unspecified atom stereocenters. The third kappa shape index (κ3) is 6.13. The molecule has 170 valence electrons. The fourth-order valence-electron chi connectivity index (χ4n) is 3.79. The van der Waals surface area contributed by atoms with E-state index in [-0.39, 0.29) is 24.8 Å². The zero-order valence-corrected chi connectivity index (χ0v) is 19.9. The second kappa shape index (κ2) is 11.7. The minimum Gasteiger partial charge on any atom is -0.351 e. The first-order valence-electron chi connectivity index (χ1n) is 10.3. The lowest BCUT2D eigenvalue weighted by Gasteiger charge is -2.27. The van der Waals surface area contributed by atoms with Gasteiger partial charge in [-0.1, -0.05) is 48.9 Å². The molecule has 4 rings (SSSR count). The highest BCUT2D eigenvalue weighted by atomic mass is 35.5. The van der Waals surface area contributed by atoms with Crippen molar-refractivity contribution in [3.05, 3.63) is 42.2 Å². The first-order chi connectivity index (χ1) is 14.1. The Balaban J connectivity index is 0.00000171. The maximum Gasteiger partial charge on any atom is 0.227 e. The molecule has 0 radical (unpaired) electrons. The molecule has 1 aliphatic carbocycles. The van der Waals surface area contributed by atoms with Gasteiger partial charge in [0.1, 0.15) is 5.50 Å². The summed E-state index contributed by atoms with van der Waals surface area (Å²) in [7, 11) is 0. The van der Waals surface area contributed by atoms with Crippen molar-refractivity contribution in [1.82, 2.24) is 19.5 Å². The van der Waals surface area contributed by atoms with Gasteiger partial charge in [-0.3, -0.25) is 0 Å². The highest BCUT2D eigenvalue weighted by Crippen LogP contribution is 2.28. The summed E-state index contributed by atoms with van der Waals surface area (Å²) in [6.45, 7) is 2.99. The summed E-state index contributed by atoms with van der Waals surface area (Å²) < 4.78 is 2.07. The number of aryl methyl sites for hydroxylation is 1. The number of halogens is 3. The molecular weight excluding hydrogens is 457 g/mol. The maximum absolute atomic E-state index is 6.63. The average Bonchev–Trinajstić information content (AvgIpc) is 3.14. The number of fused-ring (bicyclic) bond motifs is 1. The van der Waals surface area contributed by atoms with Gasteiger partial charge in [0.05, 0.1) is 6.33 Å². The molecule has 7 nitrogen and oxygen atoms in total. The van der Waals surface area contributed by atoms with Crippen LogP contribution < -0.4 is 16.4 Å². The van der Waals surface area contributed by atoms with E-state index in [2.05, 4.69) is 27.1 Å². The van der Waals surface area contributed by atoms with Crippen molar-refractivity contribution in [3.8, 4) is 0 Å². The van der Waals surface area contributed by atoms with Gasteiger partial charge >= 0.3 is 0 Å². The minimum atomic E-state index is -0.411. The smallest absolute Gasteiger partial charge is 0.227 e. The lowest BCUT2D eigenvalue weighted by atomic mass is 9.92. The second-order valence-corrected chi connectivity index (χ2v) is 8.12. The van der Waals surface area contributed by atoms with Crippen LogP contribution >= 0.6 is 36.4 Å². The van der Waals surface area contributed by atoms with Crippen molar-refractivity contribution in [1.29, 1.82) is 0 Å². The van der Waals surface area contributed by atoms with Crippen molar-refractivity contribution in [2.45, 2.75) is 63.2 Å². The molecule has 1 aromatic carbocycles. The lowest BCUT2D eigenvalue weighted by Crippen LogP contribution is -2.33. The van der Waals surface area contributed by atoms with Gasteiger partial charge in [-0.15, -0.1) is 24.8 Å². The molecule has 0 saturated heterocycles. The van der Waals surface area contributed by atoms with Gasteiger partial charge in [0, 0.05) is 18.6 Å². The number of benzene rings is 1. The van der Waals surface area contributed by atoms with Crippen molar-refractivity contribution < 1.29 is 0 Å². The molecule has 3 aromatic rings. The molecule has 31 heavy (non-hydrogen) atoms. The summed E-state index contributed by atoms with van der Waals surface area (Å²) in [6, 6.07) is 10.5. The van der Waals surface area contributed by atoms with Gasteiger partial charge in [0.25, 0.3) is 0 Å². The summed E-state index contributed by atoms with van der Waals surface area (Å²) >= 11 is 6.63. The molecule has 2 heterocycles. The van der Waals surface area contributed by atoms with Crippen LogP contribution in [0.3, 0.4) is 0 Å². The fourth-order valence-corrected chi connectivity index (χ4v) is 4.03. The Labute approximate surface area is 200 Å². The lowest BCUT2D eigenvalue weighted by molar-refractivity contribution is 0.410. The van der Waals surface area contributed by atoms with Gasteiger partial charge < -0.3 is 20.9 Å². The van der Waals surface area contributed by atoms with E-state index in [1.807, 2.05) is 36.7 Å². The predicted molar refractivity (Wildman–Crippen MR) is 133 cm³/mol. The molecule has 1 saturated carbocycles. The molecule has 1 aliphatic rings. The standard InChI is InChI=1S/C21H28ClN7.2ClH/c1-2-12-29-13-24-17-19(26-18(22)14-6-4-3-5-7-14)27-21(28-20(17)29)25-16-10-8-15(23)9-11-16;;/h3-7,13,15-16,18H,2,8-12,23H2,1H3,(H2,25,26,27,28);2*1H. The van der Waals surface area contributed by atoms with Crippen molar-refractivity contribution in [2.75, 3.05) is 10.6 Å². The first kappa shape index (κ1) is 25.5. The molecule has 0 spiro atoms. The van der Waals surface area contributed by atoms with Crippen LogP contribution in [0.15, 0.2) is 36.7 Å². The van der Waals surface area contributed by atoms with E-state index in [0.717, 1.165) is 55.4 Å². The number of aromatic nitrogens is 4. The third-order valence-corrected chi connectivity index (χ3v) is 5.75. The van der Waals surface area contributed by atoms with Crippen LogP contribution in [-0.2, 0) is 6.54 Å². The van der Waals surface area contributed by atoms with Gasteiger partial charge in [-0.05, 0) is 37.7 Å². The van der Waals surface area contributed by atoms with Crippen LogP contribution in [0.1, 0.15) is 50.1 Å². The normalized spacial score (nSPS) is 19.2. The van der Waals surface area contributed by atoms with Crippen LogP contribution in [-0.4, -0.2) is 31.6 Å². The van der Waals surface area contributed by atoms with Crippen LogP contribution in [0.4, 0.5) is 11.8 Å². The largest absolute Gasteiger partial charge is 0.351 e. The number of alkyl halides is 1. The van der Waals surface area contributed by atoms with E-state index < -0.39 is 5.50 Å². The highest BCUT2D eigenvalue weighted by molar-refractivity contribution is 6.22. The van der Waals surface area contributed by atoms with E-state index in [1.54, 1.807) is 0 Å². The number of anilines is 2. The zero-order valence-electron chi connectivity index (χ0n) is 17.5. The second-order valence-electron chi connectivity index (χ2n) is 7.68. The van der Waals surface area contributed by atoms with Crippen LogP contribution in [0, 0.1) is 0 Å². The number of hydrogen-bond donors (Lipinski definition) is 3. The van der Waals surface area contributed by atoms with Gasteiger partial charge in [0.2, 0.25) is 5.95 Å². The number of nitrogens with zero attached hydrogens (tertiary/aromatic N) is 4. The quantitative estimate of drug-likeness (QED) is 0.317. The van der Waals surface area contributed by atoms with Crippen LogP contribution in [0.2, 0.25) is 0 Å². The minimum absolute atomic E-state index is 0. The Hall–Kier alpha value is -1.80. The molecule has 2 aromatic heterocycles. The maximum atomic E-state index is 6.63. The number of rotatable bonds is 7. The molecule has 4 N–H and O–H groups in total. The highest BCUT2D eigenvalue weighted by Gasteiger charge is 2.21. The van der Waals surface area contributed by atoms with Crippen LogP contribution in [0.25, 0.3) is 11.2 Å². The molecule has 0 bridgehead atoms. The fraction of sp³-hybridized carbons (Fsp3) is 0.476. The average molecular weight is 487 g/mol. The van der Waals surface area contributed by atoms with Crippen molar-refractivity contribution in [2.24, 2.45) is 5.73 Å². The van der Waals surface area contributed by atoms with Crippen LogP contribution in [0.5, 0.6) is 0 Å². The van der Waals surface area contributed by atoms with E-state index in [1.165, 1.54) is 0 Å². The SMILES string of the molecule is CCCn1cnc2c(NC(Cl)c3ccccc3)nc(NC3CCC(N)CC3)nc21.Cl.Cl. The number of nitrogens with one attached hydrogen (secondary N) is 2. The number of nitrogens with two attached hydrogens (primary N) is 1. The number of imidazole rings is 1. The summed E-state index contributed by atoms with van der Waals surface area (Å²) in [4.78, 5) is 14.1. The van der Waals surface area contributed by atoms with Gasteiger partial charge in [0.15, 0.2) is 17.0 Å². The Morgan fingerprint density at radius 1 is 1.13 bits per heavy atom. The van der Waals surface area contributed by atoms with E-state index in [9.17, 15) is 0 Å². The van der Waals surface area contributed by atoms with Gasteiger partial charge in [-0.25, -0.2) is 4.98 Å². The molecule has 1 atom stereocenters. The van der Waals surface area contributed by atoms with E-state index >= 15 is 0 Å². The topological polar surface area (TPSA) is 93.7 Å². The Morgan fingerprint density at radius 2 is 1.84 bits per heavy atom. The predicted octanol–water partition coefficient (Wildman–Crippen LogP) is 5.11.